The van der Waals surface area contributed by atoms with E-state index in [1.807, 2.05) is 18.0 Å². The normalized spacial score (nSPS) is 12.9. The van der Waals surface area contributed by atoms with Crippen LogP contribution in [0.3, 0.4) is 0 Å². The highest BCUT2D eigenvalue weighted by molar-refractivity contribution is 7.99. The molecule has 1 aromatic heterocycles. The third-order valence-electron chi connectivity index (χ3n) is 3.05. The predicted octanol–water partition coefficient (Wildman–Crippen LogP) is 4.56. The van der Waals surface area contributed by atoms with E-state index in [2.05, 4.69) is 37.0 Å². The van der Waals surface area contributed by atoms with E-state index in [9.17, 15) is 0 Å². The van der Waals surface area contributed by atoms with Gasteiger partial charge >= 0.3 is 0 Å². The molecule has 2 nitrogen and oxygen atoms in total. The fraction of sp³-hybridized carbons (Fsp3) is 0.333. The maximum absolute atomic E-state index is 4.77. The minimum Gasteiger partial charge on any atom is -0.231 e. The van der Waals surface area contributed by atoms with E-state index in [1.165, 1.54) is 21.6 Å². The molecule has 1 aromatic carbocycles. The average Bonchev–Trinajstić information content (AvgIpc) is 2.44. The number of thioether (sulfide) groups is 2. The molecule has 1 aliphatic heterocycles. The SMILES string of the molecule is CCCSc1ncc2c(n1)-c1cc(C)ccc1SC2. The topological polar surface area (TPSA) is 25.8 Å². The van der Waals surface area contributed by atoms with Gasteiger partial charge in [0.25, 0.3) is 0 Å². The van der Waals surface area contributed by atoms with E-state index in [-0.39, 0.29) is 0 Å². The zero-order valence-corrected chi connectivity index (χ0v) is 12.8. The van der Waals surface area contributed by atoms with Gasteiger partial charge in [-0.25, -0.2) is 9.97 Å². The van der Waals surface area contributed by atoms with Gasteiger partial charge in [-0.15, -0.1) is 11.8 Å². The second-order valence-corrected chi connectivity index (χ2v) is 6.74. The van der Waals surface area contributed by atoms with E-state index >= 15 is 0 Å². The van der Waals surface area contributed by atoms with Crippen molar-refractivity contribution in [3.8, 4) is 11.3 Å². The van der Waals surface area contributed by atoms with Crippen LogP contribution in [0.25, 0.3) is 11.3 Å². The third-order valence-corrected chi connectivity index (χ3v) is 5.24. The first-order chi connectivity index (χ1) is 9.28. The molecule has 0 spiro atoms. The van der Waals surface area contributed by atoms with Crippen LogP contribution in [0.4, 0.5) is 0 Å². The summed E-state index contributed by atoms with van der Waals surface area (Å²) in [6.45, 7) is 4.31. The number of hydrogen-bond acceptors (Lipinski definition) is 4. The number of benzene rings is 1. The highest BCUT2D eigenvalue weighted by atomic mass is 32.2. The summed E-state index contributed by atoms with van der Waals surface area (Å²) in [6, 6.07) is 6.62. The average molecular weight is 288 g/mol. The molecule has 0 atom stereocenters. The Labute approximate surface area is 122 Å². The van der Waals surface area contributed by atoms with Gasteiger partial charge in [-0.2, -0.15) is 0 Å². The maximum Gasteiger partial charge on any atom is 0.188 e. The van der Waals surface area contributed by atoms with Crippen LogP contribution in [0.1, 0.15) is 24.5 Å². The van der Waals surface area contributed by atoms with Crippen LogP contribution in [0.2, 0.25) is 0 Å². The molecule has 0 bridgehead atoms. The molecular weight excluding hydrogens is 272 g/mol. The largest absolute Gasteiger partial charge is 0.231 e. The molecule has 0 unspecified atom stereocenters. The highest BCUT2D eigenvalue weighted by Crippen LogP contribution is 2.40. The molecule has 2 heterocycles. The first-order valence-corrected chi connectivity index (χ1v) is 8.47. The number of nitrogens with zero attached hydrogens (tertiary/aromatic N) is 2. The Morgan fingerprint density at radius 2 is 2.26 bits per heavy atom. The summed E-state index contributed by atoms with van der Waals surface area (Å²) in [4.78, 5) is 10.6. The van der Waals surface area contributed by atoms with Crippen molar-refractivity contribution in [1.82, 2.24) is 9.97 Å². The van der Waals surface area contributed by atoms with Gasteiger partial charge in [0.05, 0.1) is 5.69 Å². The molecular formula is C15H16N2S2. The fourth-order valence-corrected chi connectivity index (χ4v) is 3.77. The van der Waals surface area contributed by atoms with Crippen molar-refractivity contribution in [2.75, 3.05) is 5.75 Å². The zero-order chi connectivity index (χ0) is 13.2. The van der Waals surface area contributed by atoms with Crippen molar-refractivity contribution in [1.29, 1.82) is 0 Å². The molecule has 0 amide bonds. The summed E-state index contributed by atoms with van der Waals surface area (Å²) in [7, 11) is 0. The van der Waals surface area contributed by atoms with Crippen LogP contribution in [0, 0.1) is 6.92 Å². The lowest BCUT2D eigenvalue weighted by Gasteiger charge is -2.18. The molecule has 3 rings (SSSR count). The number of aryl methyl sites for hydroxylation is 1. The van der Waals surface area contributed by atoms with Gasteiger partial charge in [0.2, 0.25) is 0 Å². The van der Waals surface area contributed by atoms with Gasteiger partial charge in [0.1, 0.15) is 0 Å². The minimum atomic E-state index is 0.903. The summed E-state index contributed by atoms with van der Waals surface area (Å²) in [5, 5.41) is 0.903. The van der Waals surface area contributed by atoms with Crippen LogP contribution in [0.5, 0.6) is 0 Å². The second kappa shape index (κ2) is 5.55. The van der Waals surface area contributed by atoms with Crippen LogP contribution >= 0.6 is 23.5 Å². The lowest BCUT2D eigenvalue weighted by atomic mass is 10.1. The fourth-order valence-electron chi connectivity index (χ4n) is 2.10. The molecule has 0 radical (unpaired) electrons. The molecule has 2 aromatic rings. The number of rotatable bonds is 3. The van der Waals surface area contributed by atoms with Gasteiger partial charge in [-0.3, -0.25) is 0 Å². The summed E-state index contributed by atoms with van der Waals surface area (Å²) >= 11 is 3.62. The van der Waals surface area contributed by atoms with Crippen molar-refractivity contribution >= 4 is 23.5 Å². The first kappa shape index (κ1) is 13.0. The van der Waals surface area contributed by atoms with E-state index in [1.54, 1.807) is 11.8 Å². The van der Waals surface area contributed by atoms with Crippen molar-refractivity contribution in [2.45, 2.75) is 36.1 Å². The molecule has 0 N–H and O–H groups in total. The molecule has 19 heavy (non-hydrogen) atoms. The lowest BCUT2D eigenvalue weighted by molar-refractivity contribution is 0.943. The molecule has 0 saturated heterocycles. The van der Waals surface area contributed by atoms with E-state index in [0.717, 1.165) is 28.8 Å². The number of fused-ring (bicyclic) bond motifs is 3. The van der Waals surface area contributed by atoms with Crippen LogP contribution in [-0.2, 0) is 5.75 Å². The Morgan fingerprint density at radius 1 is 1.37 bits per heavy atom. The van der Waals surface area contributed by atoms with Gasteiger partial charge in [-0.1, -0.05) is 30.3 Å². The Morgan fingerprint density at radius 3 is 3.11 bits per heavy atom. The maximum atomic E-state index is 4.77. The molecule has 4 heteroatoms. The second-order valence-electron chi connectivity index (χ2n) is 4.66. The summed E-state index contributed by atoms with van der Waals surface area (Å²) in [6.07, 6.45) is 3.15. The monoisotopic (exact) mass is 288 g/mol. The number of aromatic nitrogens is 2. The quantitative estimate of drug-likeness (QED) is 0.611. The van der Waals surface area contributed by atoms with E-state index < -0.39 is 0 Å². The van der Waals surface area contributed by atoms with Crippen molar-refractivity contribution < 1.29 is 0 Å². The van der Waals surface area contributed by atoms with Crippen molar-refractivity contribution in [3.05, 3.63) is 35.5 Å². The smallest absolute Gasteiger partial charge is 0.188 e. The predicted molar refractivity (Wildman–Crippen MR) is 82.8 cm³/mol. The van der Waals surface area contributed by atoms with Gasteiger partial charge < -0.3 is 0 Å². The van der Waals surface area contributed by atoms with Gasteiger partial charge in [0, 0.05) is 33.7 Å². The van der Waals surface area contributed by atoms with Crippen molar-refractivity contribution in [3.63, 3.8) is 0 Å². The number of hydrogen-bond donors (Lipinski definition) is 0. The molecule has 1 aliphatic rings. The minimum absolute atomic E-state index is 0.903. The molecule has 98 valence electrons. The van der Waals surface area contributed by atoms with Crippen LogP contribution in [0.15, 0.2) is 34.4 Å². The Kier molecular flexibility index (Phi) is 3.80. The molecule has 0 saturated carbocycles. The van der Waals surface area contributed by atoms with E-state index in [4.69, 9.17) is 4.98 Å². The summed E-state index contributed by atoms with van der Waals surface area (Å²) in [5.41, 5.74) is 4.94. The highest BCUT2D eigenvalue weighted by Gasteiger charge is 2.19. The van der Waals surface area contributed by atoms with Crippen LogP contribution < -0.4 is 0 Å². The lowest BCUT2D eigenvalue weighted by Crippen LogP contribution is -2.02. The molecule has 0 aliphatic carbocycles. The standard InChI is InChI=1S/C15H16N2S2/c1-3-6-18-15-16-8-11-9-19-13-5-4-10(2)7-12(13)14(11)17-15/h4-5,7-8H,3,6,9H2,1-2H3. The van der Waals surface area contributed by atoms with Crippen molar-refractivity contribution in [2.24, 2.45) is 0 Å². The summed E-state index contributed by atoms with van der Waals surface area (Å²) < 4.78 is 0. The Balaban J connectivity index is 2.05. The first-order valence-electron chi connectivity index (χ1n) is 6.50. The molecule has 0 fully saturated rings. The summed E-state index contributed by atoms with van der Waals surface area (Å²) in [5.74, 6) is 2.05. The van der Waals surface area contributed by atoms with Gasteiger partial charge in [-0.05, 0) is 25.5 Å². The zero-order valence-electron chi connectivity index (χ0n) is 11.1. The third kappa shape index (κ3) is 2.65. The Hall–Kier alpha value is -1.00. The van der Waals surface area contributed by atoms with Crippen LogP contribution in [-0.4, -0.2) is 15.7 Å². The van der Waals surface area contributed by atoms with Gasteiger partial charge in [0.15, 0.2) is 5.16 Å². The van der Waals surface area contributed by atoms with E-state index in [0.29, 0.717) is 0 Å². The Bertz CT molecular complexity index is 611.